The third kappa shape index (κ3) is 4.10. The zero-order chi connectivity index (χ0) is 19.6. The highest BCUT2D eigenvalue weighted by atomic mass is 32.2. The van der Waals surface area contributed by atoms with Crippen LogP contribution in [0.5, 0.6) is 0 Å². The summed E-state index contributed by atoms with van der Waals surface area (Å²) in [5.41, 5.74) is 2.83. The second kappa shape index (κ2) is 8.00. The highest BCUT2D eigenvalue weighted by Crippen LogP contribution is 2.26. The molecule has 0 radical (unpaired) electrons. The monoisotopic (exact) mass is 400 g/mol. The van der Waals surface area contributed by atoms with Gasteiger partial charge in [0.1, 0.15) is 0 Å². The van der Waals surface area contributed by atoms with Gasteiger partial charge in [0.15, 0.2) is 0 Å². The normalized spacial score (nSPS) is 15.9. The molecule has 0 unspecified atom stereocenters. The molecule has 28 heavy (non-hydrogen) atoms. The van der Waals surface area contributed by atoms with Crippen LogP contribution in [0.15, 0.2) is 53.6 Å². The highest BCUT2D eigenvalue weighted by Gasteiger charge is 2.16. The van der Waals surface area contributed by atoms with Crippen molar-refractivity contribution in [2.75, 3.05) is 39.4 Å². The van der Waals surface area contributed by atoms with E-state index in [1.807, 2.05) is 42.2 Å². The zero-order valence-electron chi connectivity index (χ0n) is 15.8. The molecule has 0 amide bonds. The van der Waals surface area contributed by atoms with Gasteiger partial charge >= 0.3 is 0 Å². The number of hydrogen-bond acceptors (Lipinski definition) is 5. The van der Waals surface area contributed by atoms with E-state index >= 15 is 0 Å². The van der Waals surface area contributed by atoms with Crippen molar-refractivity contribution in [3.05, 3.63) is 48.7 Å². The minimum atomic E-state index is -3.56. The molecular formula is C20H24N4O3S. The molecule has 1 saturated heterocycles. The molecule has 0 spiro atoms. The lowest BCUT2D eigenvalue weighted by Gasteiger charge is -2.26. The fourth-order valence-electron chi connectivity index (χ4n) is 3.41. The Bertz CT molecular complexity index is 1070. The molecule has 2 heterocycles. The number of sulfonamides is 1. The fraction of sp³-hybridized carbons (Fsp3) is 0.350. The average Bonchev–Trinajstić information content (AvgIpc) is 3.09. The van der Waals surface area contributed by atoms with Crippen LogP contribution in [-0.2, 0) is 21.8 Å². The van der Waals surface area contributed by atoms with Gasteiger partial charge in [0.05, 0.1) is 29.8 Å². The van der Waals surface area contributed by atoms with E-state index in [0.717, 1.165) is 35.1 Å². The van der Waals surface area contributed by atoms with Crippen LogP contribution < -0.4 is 4.72 Å². The first-order valence-corrected chi connectivity index (χ1v) is 10.8. The number of nitrogens with zero attached hydrogens (tertiary/aromatic N) is 3. The second-order valence-corrected chi connectivity index (χ2v) is 8.69. The van der Waals surface area contributed by atoms with Crippen molar-refractivity contribution in [2.45, 2.75) is 4.90 Å². The lowest BCUT2D eigenvalue weighted by atomic mass is 10.0. The van der Waals surface area contributed by atoms with Gasteiger partial charge in [-0.2, -0.15) is 5.10 Å². The molecule has 1 fully saturated rings. The predicted molar refractivity (Wildman–Crippen MR) is 109 cm³/mol. The van der Waals surface area contributed by atoms with E-state index in [9.17, 15) is 8.42 Å². The molecule has 4 rings (SSSR count). The first kappa shape index (κ1) is 19.1. The summed E-state index contributed by atoms with van der Waals surface area (Å²) in [7, 11) is -1.66. The molecule has 148 valence electrons. The lowest BCUT2D eigenvalue weighted by molar-refractivity contribution is 0.0390. The smallest absolute Gasteiger partial charge is 0.240 e. The van der Waals surface area contributed by atoms with Crippen LogP contribution in [0.4, 0.5) is 0 Å². The van der Waals surface area contributed by atoms with E-state index in [1.54, 1.807) is 18.2 Å². The Kier molecular flexibility index (Phi) is 5.45. The van der Waals surface area contributed by atoms with Gasteiger partial charge in [0.2, 0.25) is 10.0 Å². The Morgan fingerprint density at radius 3 is 2.71 bits per heavy atom. The van der Waals surface area contributed by atoms with Gasteiger partial charge in [-0.15, -0.1) is 0 Å². The summed E-state index contributed by atoms with van der Waals surface area (Å²) in [5, 5.41) is 5.31. The molecule has 0 atom stereocenters. The fourth-order valence-corrected chi connectivity index (χ4v) is 4.48. The van der Waals surface area contributed by atoms with Gasteiger partial charge in [-0.25, -0.2) is 13.1 Å². The van der Waals surface area contributed by atoms with Gasteiger partial charge in [-0.3, -0.25) is 9.58 Å². The third-order valence-corrected chi connectivity index (χ3v) is 6.51. The topological polar surface area (TPSA) is 76.5 Å². The molecule has 0 bridgehead atoms. The van der Waals surface area contributed by atoms with Gasteiger partial charge < -0.3 is 4.74 Å². The molecule has 1 aromatic heterocycles. The van der Waals surface area contributed by atoms with Crippen molar-refractivity contribution < 1.29 is 13.2 Å². The maximum absolute atomic E-state index is 12.7. The number of nitrogens with one attached hydrogen (secondary N) is 1. The highest BCUT2D eigenvalue weighted by molar-refractivity contribution is 7.89. The second-order valence-electron chi connectivity index (χ2n) is 6.92. The number of hydrogen-bond donors (Lipinski definition) is 1. The van der Waals surface area contributed by atoms with Gasteiger partial charge in [0.25, 0.3) is 0 Å². The van der Waals surface area contributed by atoms with Crippen LogP contribution in [0.25, 0.3) is 22.0 Å². The molecule has 8 heteroatoms. The van der Waals surface area contributed by atoms with Crippen LogP contribution in [0.1, 0.15) is 0 Å². The van der Waals surface area contributed by atoms with E-state index in [1.165, 1.54) is 0 Å². The Hall–Kier alpha value is -2.26. The standard InChI is InChI=1S/C20H24N4O3S/c1-23-20-14-17(5-6-18(20)15-21-23)16-3-2-4-19(13-16)28(25,26)22-7-8-24-9-11-27-12-10-24/h2-6,13-15,22H,7-12H2,1H3. The Balaban J connectivity index is 1.50. The van der Waals surface area contributed by atoms with Crippen molar-refractivity contribution in [1.29, 1.82) is 0 Å². The van der Waals surface area contributed by atoms with Crippen LogP contribution in [-0.4, -0.2) is 62.5 Å². The number of aryl methyl sites for hydroxylation is 1. The number of rotatable bonds is 6. The quantitative estimate of drug-likeness (QED) is 0.683. The first-order chi connectivity index (χ1) is 13.5. The van der Waals surface area contributed by atoms with E-state index in [4.69, 9.17) is 4.74 Å². The van der Waals surface area contributed by atoms with Crippen molar-refractivity contribution >= 4 is 20.9 Å². The van der Waals surface area contributed by atoms with E-state index in [0.29, 0.717) is 26.3 Å². The zero-order valence-corrected chi connectivity index (χ0v) is 16.7. The van der Waals surface area contributed by atoms with Crippen LogP contribution >= 0.6 is 0 Å². The maximum atomic E-state index is 12.7. The van der Waals surface area contributed by atoms with Crippen molar-refractivity contribution in [3.63, 3.8) is 0 Å². The number of aromatic nitrogens is 2. The molecule has 0 saturated carbocycles. The van der Waals surface area contributed by atoms with Crippen molar-refractivity contribution in [2.24, 2.45) is 7.05 Å². The van der Waals surface area contributed by atoms with Gasteiger partial charge in [0, 0.05) is 38.6 Å². The Morgan fingerprint density at radius 2 is 1.89 bits per heavy atom. The number of fused-ring (bicyclic) bond motifs is 1. The summed E-state index contributed by atoms with van der Waals surface area (Å²) in [6, 6.07) is 13.1. The minimum absolute atomic E-state index is 0.275. The molecule has 2 aromatic carbocycles. The Labute approximate surface area is 165 Å². The molecule has 0 aliphatic carbocycles. The van der Waals surface area contributed by atoms with Crippen molar-refractivity contribution in [3.8, 4) is 11.1 Å². The molecule has 1 aliphatic heterocycles. The number of ether oxygens (including phenoxy) is 1. The molecular weight excluding hydrogens is 376 g/mol. The third-order valence-electron chi connectivity index (χ3n) is 5.05. The SMILES string of the molecule is Cn1ncc2ccc(-c3cccc(S(=O)(=O)NCCN4CCOCC4)c3)cc21. The largest absolute Gasteiger partial charge is 0.379 e. The van der Waals surface area contributed by atoms with Gasteiger partial charge in [-0.05, 0) is 29.3 Å². The number of benzene rings is 2. The van der Waals surface area contributed by atoms with E-state index in [-0.39, 0.29) is 4.90 Å². The summed E-state index contributed by atoms with van der Waals surface area (Å²) in [6.07, 6.45) is 1.82. The average molecular weight is 401 g/mol. The summed E-state index contributed by atoms with van der Waals surface area (Å²) < 4.78 is 35.3. The summed E-state index contributed by atoms with van der Waals surface area (Å²) in [4.78, 5) is 2.48. The lowest BCUT2D eigenvalue weighted by Crippen LogP contribution is -2.41. The molecule has 7 nitrogen and oxygen atoms in total. The van der Waals surface area contributed by atoms with Crippen LogP contribution in [0, 0.1) is 0 Å². The van der Waals surface area contributed by atoms with E-state index < -0.39 is 10.0 Å². The van der Waals surface area contributed by atoms with Gasteiger partial charge in [-0.1, -0.05) is 24.3 Å². The predicted octanol–water partition coefficient (Wildman–Crippen LogP) is 1.85. The maximum Gasteiger partial charge on any atom is 0.240 e. The molecule has 1 aliphatic rings. The molecule has 3 aromatic rings. The van der Waals surface area contributed by atoms with Crippen LogP contribution in [0.3, 0.4) is 0 Å². The first-order valence-electron chi connectivity index (χ1n) is 9.35. The summed E-state index contributed by atoms with van der Waals surface area (Å²) >= 11 is 0. The van der Waals surface area contributed by atoms with Crippen molar-refractivity contribution in [1.82, 2.24) is 19.4 Å². The number of morpholine rings is 1. The minimum Gasteiger partial charge on any atom is -0.379 e. The summed E-state index contributed by atoms with van der Waals surface area (Å²) in [6.45, 7) is 4.15. The molecule has 1 N–H and O–H groups in total. The van der Waals surface area contributed by atoms with E-state index in [2.05, 4.69) is 14.7 Å². The summed E-state index contributed by atoms with van der Waals surface area (Å²) in [5.74, 6) is 0. The van der Waals surface area contributed by atoms with Crippen LogP contribution in [0.2, 0.25) is 0 Å². The Morgan fingerprint density at radius 1 is 1.11 bits per heavy atom.